The molecule has 0 atom stereocenters. The summed E-state index contributed by atoms with van der Waals surface area (Å²) in [6, 6.07) is 7.26. The van der Waals surface area contributed by atoms with Crippen LogP contribution in [0.4, 0.5) is 5.69 Å². The molecule has 1 aromatic carbocycles. The molecule has 3 rings (SSSR count). The molecule has 0 radical (unpaired) electrons. The molecule has 1 saturated heterocycles. The lowest BCUT2D eigenvalue weighted by atomic mass is 9.97. The van der Waals surface area contributed by atoms with Gasteiger partial charge >= 0.3 is 11.9 Å². The molecule has 11 heteroatoms. The van der Waals surface area contributed by atoms with Crippen LogP contribution in [-0.4, -0.2) is 61.9 Å². The molecule has 2 heterocycles. The lowest BCUT2D eigenvalue weighted by molar-refractivity contribution is -0.120. The molecule has 1 fully saturated rings. The standard InChI is InChI=1S/C23H27N3O7S/c1-3-32-22(28)17-12-18(23(29)33-4-2)14-19(13-17)25-21(27)16-7-10-26(11-8-16)34(30,31)20-6-5-9-24-15-20/h5-6,9,12-16H,3-4,7-8,10-11H2,1-2H3,(H,25,27). The Morgan fingerprint density at radius 3 is 2.12 bits per heavy atom. The predicted octanol–water partition coefficient (Wildman–Crippen LogP) is 2.47. The largest absolute Gasteiger partial charge is 0.462 e. The lowest BCUT2D eigenvalue weighted by Gasteiger charge is -2.30. The SMILES string of the molecule is CCOC(=O)c1cc(NC(=O)C2CCN(S(=O)(=O)c3cccnc3)CC2)cc(C(=O)OCC)c1. The first-order chi connectivity index (χ1) is 16.3. The number of piperidine rings is 1. The Labute approximate surface area is 198 Å². The summed E-state index contributed by atoms with van der Waals surface area (Å²) < 4.78 is 36.9. The average Bonchev–Trinajstić information content (AvgIpc) is 2.84. The fourth-order valence-electron chi connectivity index (χ4n) is 3.62. The number of carbonyl (C=O) groups excluding carboxylic acids is 3. The number of benzene rings is 1. The van der Waals surface area contributed by atoms with Gasteiger partial charge in [0.2, 0.25) is 15.9 Å². The summed E-state index contributed by atoms with van der Waals surface area (Å²) in [4.78, 5) is 41.3. The number of amides is 1. The van der Waals surface area contributed by atoms with Gasteiger partial charge in [0.05, 0.1) is 24.3 Å². The minimum Gasteiger partial charge on any atom is -0.462 e. The molecule has 34 heavy (non-hydrogen) atoms. The number of ether oxygens (including phenoxy) is 2. The van der Waals surface area contributed by atoms with E-state index in [1.807, 2.05) is 0 Å². The molecule has 1 aliphatic heterocycles. The van der Waals surface area contributed by atoms with Crippen LogP contribution >= 0.6 is 0 Å². The Morgan fingerprint density at radius 1 is 1.03 bits per heavy atom. The summed E-state index contributed by atoms with van der Waals surface area (Å²) in [6.45, 7) is 4.02. The van der Waals surface area contributed by atoms with E-state index in [-0.39, 0.29) is 53.9 Å². The summed E-state index contributed by atoms with van der Waals surface area (Å²) in [6.07, 6.45) is 3.45. The van der Waals surface area contributed by atoms with Gasteiger partial charge in [0.15, 0.2) is 0 Å². The van der Waals surface area contributed by atoms with Crippen molar-refractivity contribution >= 4 is 33.6 Å². The first kappa shape index (κ1) is 25.3. The molecule has 0 bridgehead atoms. The van der Waals surface area contributed by atoms with Crippen LogP contribution in [0.5, 0.6) is 0 Å². The Bertz CT molecular complexity index is 1110. The number of carbonyl (C=O) groups is 3. The molecule has 0 aliphatic carbocycles. The number of sulfonamides is 1. The van der Waals surface area contributed by atoms with Gasteiger partial charge in [0.1, 0.15) is 4.90 Å². The minimum absolute atomic E-state index is 0.111. The summed E-state index contributed by atoms with van der Waals surface area (Å²) >= 11 is 0. The smallest absolute Gasteiger partial charge is 0.338 e. The van der Waals surface area contributed by atoms with Crippen LogP contribution in [0, 0.1) is 5.92 Å². The van der Waals surface area contributed by atoms with E-state index in [1.54, 1.807) is 19.9 Å². The van der Waals surface area contributed by atoms with E-state index < -0.39 is 27.9 Å². The lowest BCUT2D eigenvalue weighted by Crippen LogP contribution is -2.41. The third kappa shape index (κ3) is 5.97. The predicted molar refractivity (Wildman–Crippen MR) is 123 cm³/mol. The van der Waals surface area contributed by atoms with Crippen LogP contribution in [0.3, 0.4) is 0 Å². The highest BCUT2D eigenvalue weighted by atomic mass is 32.2. The summed E-state index contributed by atoms with van der Waals surface area (Å²) in [7, 11) is -3.67. The molecule has 0 spiro atoms. The van der Waals surface area contributed by atoms with Crippen molar-refractivity contribution in [2.75, 3.05) is 31.6 Å². The van der Waals surface area contributed by atoms with Crippen molar-refractivity contribution in [1.29, 1.82) is 0 Å². The maximum Gasteiger partial charge on any atom is 0.338 e. The maximum atomic E-state index is 12.9. The zero-order chi connectivity index (χ0) is 24.7. The first-order valence-corrected chi connectivity index (χ1v) is 12.4. The summed E-state index contributed by atoms with van der Waals surface area (Å²) in [5, 5.41) is 2.74. The molecule has 1 aliphatic rings. The van der Waals surface area contributed by atoms with Gasteiger partial charge in [0, 0.05) is 37.1 Å². The minimum atomic E-state index is -3.67. The highest BCUT2D eigenvalue weighted by Crippen LogP contribution is 2.25. The Hall–Kier alpha value is -3.31. The molecule has 0 saturated carbocycles. The van der Waals surface area contributed by atoms with Gasteiger partial charge in [-0.25, -0.2) is 18.0 Å². The van der Waals surface area contributed by atoms with Gasteiger partial charge in [0.25, 0.3) is 0 Å². The first-order valence-electron chi connectivity index (χ1n) is 11.0. The number of hydrogen-bond acceptors (Lipinski definition) is 8. The van der Waals surface area contributed by atoms with Crippen LogP contribution in [-0.2, 0) is 24.3 Å². The fraction of sp³-hybridized carbons (Fsp3) is 0.391. The van der Waals surface area contributed by atoms with Gasteiger partial charge < -0.3 is 14.8 Å². The second kappa shape index (κ2) is 11.2. The summed E-state index contributed by atoms with van der Waals surface area (Å²) in [5.74, 6) is -2.01. The van der Waals surface area contributed by atoms with E-state index in [0.717, 1.165) is 0 Å². The molecule has 0 unspecified atom stereocenters. The van der Waals surface area contributed by atoms with Crippen LogP contribution in [0.15, 0.2) is 47.6 Å². The molecular formula is C23H27N3O7S. The molecular weight excluding hydrogens is 462 g/mol. The number of anilines is 1. The quantitative estimate of drug-likeness (QED) is 0.560. The van der Waals surface area contributed by atoms with Gasteiger partial charge in [-0.05, 0) is 57.0 Å². The Kier molecular flexibility index (Phi) is 8.35. The molecule has 1 aromatic heterocycles. The van der Waals surface area contributed by atoms with E-state index in [1.165, 1.54) is 41.0 Å². The molecule has 1 N–H and O–H groups in total. The van der Waals surface area contributed by atoms with Gasteiger partial charge in [-0.2, -0.15) is 4.31 Å². The fourth-order valence-corrected chi connectivity index (χ4v) is 5.05. The van der Waals surface area contributed by atoms with Crippen molar-refractivity contribution in [2.24, 2.45) is 5.92 Å². The Balaban J connectivity index is 1.70. The Morgan fingerprint density at radius 2 is 1.62 bits per heavy atom. The zero-order valence-corrected chi connectivity index (χ0v) is 19.8. The molecule has 1 amide bonds. The third-order valence-electron chi connectivity index (χ3n) is 5.32. The highest BCUT2D eigenvalue weighted by molar-refractivity contribution is 7.89. The molecule has 10 nitrogen and oxygen atoms in total. The number of nitrogens with one attached hydrogen (secondary N) is 1. The van der Waals surface area contributed by atoms with Crippen molar-refractivity contribution in [2.45, 2.75) is 31.6 Å². The van der Waals surface area contributed by atoms with Crippen molar-refractivity contribution in [3.63, 3.8) is 0 Å². The number of nitrogens with zero attached hydrogens (tertiary/aromatic N) is 2. The summed E-state index contributed by atoms with van der Waals surface area (Å²) in [5.41, 5.74) is 0.476. The van der Waals surface area contributed by atoms with Gasteiger partial charge in [-0.1, -0.05) is 0 Å². The number of pyridine rings is 1. The van der Waals surface area contributed by atoms with E-state index in [4.69, 9.17) is 9.47 Å². The topological polar surface area (TPSA) is 132 Å². The third-order valence-corrected chi connectivity index (χ3v) is 7.20. The van der Waals surface area contributed by atoms with Crippen molar-refractivity contribution in [3.05, 3.63) is 53.9 Å². The van der Waals surface area contributed by atoms with Crippen LogP contribution in [0.1, 0.15) is 47.4 Å². The maximum absolute atomic E-state index is 12.9. The number of hydrogen-bond donors (Lipinski definition) is 1. The van der Waals surface area contributed by atoms with Crippen molar-refractivity contribution in [3.8, 4) is 0 Å². The molecule has 182 valence electrons. The number of rotatable bonds is 8. The second-order valence-electron chi connectivity index (χ2n) is 7.60. The van der Waals surface area contributed by atoms with Crippen molar-refractivity contribution in [1.82, 2.24) is 9.29 Å². The average molecular weight is 490 g/mol. The molecule has 2 aromatic rings. The normalized spacial score (nSPS) is 14.9. The van der Waals surface area contributed by atoms with E-state index in [2.05, 4.69) is 10.3 Å². The van der Waals surface area contributed by atoms with Crippen LogP contribution < -0.4 is 5.32 Å². The van der Waals surface area contributed by atoms with Gasteiger partial charge in [-0.15, -0.1) is 0 Å². The second-order valence-corrected chi connectivity index (χ2v) is 9.53. The van der Waals surface area contributed by atoms with E-state index >= 15 is 0 Å². The number of esters is 2. The van der Waals surface area contributed by atoms with E-state index in [9.17, 15) is 22.8 Å². The van der Waals surface area contributed by atoms with E-state index in [0.29, 0.717) is 12.8 Å². The zero-order valence-electron chi connectivity index (χ0n) is 19.0. The number of aromatic nitrogens is 1. The van der Waals surface area contributed by atoms with Gasteiger partial charge in [-0.3, -0.25) is 9.78 Å². The van der Waals surface area contributed by atoms with Crippen LogP contribution in [0.25, 0.3) is 0 Å². The van der Waals surface area contributed by atoms with Crippen LogP contribution in [0.2, 0.25) is 0 Å². The highest BCUT2D eigenvalue weighted by Gasteiger charge is 2.32. The monoisotopic (exact) mass is 489 g/mol. The van der Waals surface area contributed by atoms with Crippen molar-refractivity contribution < 1.29 is 32.3 Å².